The highest BCUT2D eigenvalue weighted by atomic mass is 15.3. The third-order valence-corrected chi connectivity index (χ3v) is 5.39. The zero-order valence-electron chi connectivity index (χ0n) is 19.1. The molecule has 0 aliphatic rings. The van der Waals surface area contributed by atoms with Crippen LogP contribution in [0.5, 0.6) is 0 Å². The number of hydrogen-bond acceptors (Lipinski definition) is 1. The standard InChI is InChI=1S/C24H53N2/c1-5-6-7-8-9-10-11-12-13-14-15-16-17-18-19-20-22-25-23-21-24-26(2,3)4/h25H,5-24H2,1-4H3/q+1. The van der Waals surface area contributed by atoms with Gasteiger partial charge in [-0.05, 0) is 13.0 Å². The molecule has 158 valence electrons. The van der Waals surface area contributed by atoms with E-state index >= 15 is 0 Å². The second-order valence-corrected chi connectivity index (χ2v) is 9.42. The summed E-state index contributed by atoms with van der Waals surface area (Å²) in [6.07, 6.45) is 24.5. The molecule has 0 aliphatic heterocycles. The average molecular weight is 370 g/mol. The van der Waals surface area contributed by atoms with Crippen LogP contribution in [-0.4, -0.2) is 45.3 Å². The van der Waals surface area contributed by atoms with Gasteiger partial charge in [0.05, 0.1) is 27.7 Å². The van der Waals surface area contributed by atoms with Gasteiger partial charge in [-0.2, -0.15) is 0 Å². The van der Waals surface area contributed by atoms with Crippen molar-refractivity contribution < 1.29 is 4.48 Å². The minimum Gasteiger partial charge on any atom is -0.331 e. The maximum atomic E-state index is 3.60. The van der Waals surface area contributed by atoms with Crippen molar-refractivity contribution in [3.05, 3.63) is 0 Å². The van der Waals surface area contributed by atoms with Gasteiger partial charge in [0, 0.05) is 13.0 Å². The fourth-order valence-electron chi connectivity index (χ4n) is 3.60. The molecule has 1 N–H and O–H groups in total. The Morgan fingerprint density at radius 3 is 1.19 bits per heavy atom. The van der Waals surface area contributed by atoms with Gasteiger partial charge in [-0.1, -0.05) is 103 Å². The molecule has 0 bridgehead atoms. The van der Waals surface area contributed by atoms with Crippen LogP contribution < -0.4 is 5.32 Å². The Bertz CT molecular complexity index is 257. The summed E-state index contributed by atoms with van der Waals surface area (Å²) in [7, 11) is 6.82. The first-order chi connectivity index (χ1) is 12.6. The molecular weight excluding hydrogens is 316 g/mol. The molecule has 0 saturated carbocycles. The lowest BCUT2D eigenvalue weighted by Crippen LogP contribution is -2.36. The van der Waals surface area contributed by atoms with E-state index in [2.05, 4.69) is 33.4 Å². The minimum absolute atomic E-state index is 1.08. The summed E-state index contributed by atoms with van der Waals surface area (Å²) >= 11 is 0. The van der Waals surface area contributed by atoms with Crippen LogP contribution in [0.15, 0.2) is 0 Å². The van der Waals surface area contributed by atoms with Crippen LogP contribution in [0.2, 0.25) is 0 Å². The minimum atomic E-state index is 1.08. The molecule has 0 atom stereocenters. The lowest BCUT2D eigenvalue weighted by molar-refractivity contribution is -0.870. The lowest BCUT2D eigenvalue weighted by Gasteiger charge is -2.23. The molecule has 0 saturated heterocycles. The highest BCUT2D eigenvalue weighted by Gasteiger charge is 2.04. The van der Waals surface area contributed by atoms with E-state index in [-0.39, 0.29) is 0 Å². The zero-order valence-corrected chi connectivity index (χ0v) is 19.1. The van der Waals surface area contributed by atoms with E-state index in [9.17, 15) is 0 Å². The highest BCUT2D eigenvalue weighted by Crippen LogP contribution is 2.13. The predicted octanol–water partition coefficient (Wildman–Crippen LogP) is 6.93. The molecule has 0 rings (SSSR count). The van der Waals surface area contributed by atoms with Crippen molar-refractivity contribution in [2.24, 2.45) is 0 Å². The number of nitrogens with zero attached hydrogens (tertiary/aromatic N) is 1. The molecule has 26 heavy (non-hydrogen) atoms. The molecule has 0 radical (unpaired) electrons. The Morgan fingerprint density at radius 1 is 0.462 bits per heavy atom. The summed E-state index contributed by atoms with van der Waals surface area (Å²) in [5.74, 6) is 0. The van der Waals surface area contributed by atoms with E-state index in [0.717, 1.165) is 4.48 Å². The van der Waals surface area contributed by atoms with Gasteiger partial charge in [0.2, 0.25) is 0 Å². The van der Waals surface area contributed by atoms with Gasteiger partial charge < -0.3 is 9.80 Å². The third-order valence-electron chi connectivity index (χ3n) is 5.39. The summed E-state index contributed by atoms with van der Waals surface area (Å²) in [5, 5.41) is 3.60. The molecule has 0 spiro atoms. The van der Waals surface area contributed by atoms with Crippen molar-refractivity contribution in [1.29, 1.82) is 0 Å². The van der Waals surface area contributed by atoms with Crippen molar-refractivity contribution in [2.45, 2.75) is 116 Å². The van der Waals surface area contributed by atoms with Crippen molar-refractivity contribution in [3.63, 3.8) is 0 Å². The molecule has 0 aliphatic carbocycles. The van der Waals surface area contributed by atoms with Crippen molar-refractivity contribution in [3.8, 4) is 0 Å². The SMILES string of the molecule is CCCCCCCCCCCCCCCCCCNCCC[N+](C)(C)C. The predicted molar refractivity (Wildman–Crippen MR) is 120 cm³/mol. The first kappa shape index (κ1) is 25.9. The Labute approximate surface area is 167 Å². The van der Waals surface area contributed by atoms with Crippen LogP contribution in [-0.2, 0) is 0 Å². The summed E-state index contributed by atoms with van der Waals surface area (Å²) in [6.45, 7) is 5.97. The average Bonchev–Trinajstić information content (AvgIpc) is 2.59. The Morgan fingerprint density at radius 2 is 0.808 bits per heavy atom. The quantitative estimate of drug-likeness (QED) is 0.171. The Hall–Kier alpha value is -0.0800. The maximum Gasteiger partial charge on any atom is 0.0792 e. The lowest BCUT2D eigenvalue weighted by atomic mass is 10.0. The van der Waals surface area contributed by atoms with Crippen molar-refractivity contribution >= 4 is 0 Å². The maximum absolute atomic E-state index is 3.60. The molecule has 2 nitrogen and oxygen atoms in total. The molecule has 2 heteroatoms. The first-order valence-electron chi connectivity index (χ1n) is 12.1. The smallest absolute Gasteiger partial charge is 0.0792 e. The summed E-state index contributed by atoms with van der Waals surface area (Å²) in [4.78, 5) is 0. The van der Waals surface area contributed by atoms with Crippen molar-refractivity contribution in [1.82, 2.24) is 5.32 Å². The molecule has 0 heterocycles. The first-order valence-corrected chi connectivity index (χ1v) is 12.1. The zero-order chi connectivity index (χ0) is 19.3. The largest absolute Gasteiger partial charge is 0.331 e. The normalized spacial score (nSPS) is 12.0. The Kier molecular flexibility index (Phi) is 19.6. The fourth-order valence-corrected chi connectivity index (χ4v) is 3.60. The summed E-state index contributed by atoms with van der Waals surface area (Å²) in [6, 6.07) is 0. The van der Waals surface area contributed by atoms with E-state index in [1.165, 1.54) is 129 Å². The third kappa shape index (κ3) is 23.9. The van der Waals surface area contributed by atoms with Crippen LogP contribution in [0.25, 0.3) is 0 Å². The van der Waals surface area contributed by atoms with Gasteiger partial charge in [-0.15, -0.1) is 0 Å². The van der Waals surface area contributed by atoms with E-state index in [4.69, 9.17) is 0 Å². The topological polar surface area (TPSA) is 12.0 Å². The Balaban J connectivity index is 3.01. The van der Waals surface area contributed by atoms with Gasteiger partial charge in [0.25, 0.3) is 0 Å². The summed E-state index contributed by atoms with van der Waals surface area (Å²) < 4.78 is 1.08. The van der Waals surface area contributed by atoms with E-state index in [1.807, 2.05) is 0 Å². The van der Waals surface area contributed by atoms with E-state index in [0.29, 0.717) is 0 Å². The molecule has 0 amide bonds. The number of nitrogens with one attached hydrogen (secondary N) is 1. The van der Waals surface area contributed by atoms with E-state index < -0.39 is 0 Å². The van der Waals surface area contributed by atoms with Crippen LogP contribution in [0.3, 0.4) is 0 Å². The van der Waals surface area contributed by atoms with Crippen LogP contribution >= 0.6 is 0 Å². The van der Waals surface area contributed by atoms with Crippen LogP contribution in [0.1, 0.15) is 116 Å². The van der Waals surface area contributed by atoms with Crippen LogP contribution in [0, 0.1) is 0 Å². The molecule has 0 aromatic rings. The second kappa shape index (κ2) is 19.7. The number of hydrogen-bond donors (Lipinski definition) is 1. The monoisotopic (exact) mass is 369 g/mol. The van der Waals surface area contributed by atoms with Gasteiger partial charge in [-0.25, -0.2) is 0 Å². The van der Waals surface area contributed by atoms with Gasteiger partial charge in [0.15, 0.2) is 0 Å². The molecule has 0 unspecified atom stereocenters. The van der Waals surface area contributed by atoms with Gasteiger partial charge in [0.1, 0.15) is 0 Å². The van der Waals surface area contributed by atoms with E-state index in [1.54, 1.807) is 0 Å². The molecular formula is C24H53N2+. The fraction of sp³-hybridized carbons (Fsp3) is 1.00. The second-order valence-electron chi connectivity index (χ2n) is 9.42. The highest BCUT2D eigenvalue weighted by molar-refractivity contribution is 4.52. The molecule has 0 aromatic carbocycles. The van der Waals surface area contributed by atoms with Crippen LogP contribution in [0.4, 0.5) is 0 Å². The number of quaternary nitrogens is 1. The molecule has 0 fully saturated rings. The summed E-state index contributed by atoms with van der Waals surface area (Å²) in [5.41, 5.74) is 0. The van der Waals surface area contributed by atoms with Gasteiger partial charge in [-0.3, -0.25) is 0 Å². The molecule has 0 aromatic heterocycles. The van der Waals surface area contributed by atoms with Crippen molar-refractivity contribution in [2.75, 3.05) is 40.8 Å². The van der Waals surface area contributed by atoms with Gasteiger partial charge >= 0.3 is 0 Å². The number of rotatable bonds is 21. The number of unbranched alkanes of at least 4 members (excludes halogenated alkanes) is 15.